The van der Waals surface area contributed by atoms with Crippen molar-refractivity contribution in [3.63, 3.8) is 0 Å². The van der Waals surface area contributed by atoms with Crippen LogP contribution in [-0.4, -0.2) is 53.2 Å². The molecule has 0 aromatic heterocycles. The van der Waals surface area contributed by atoms with E-state index in [-0.39, 0.29) is 47.2 Å². The van der Waals surface area contributed by atoms with E-state index in [1.165, 1.54) is 0 Å². The van der Waals surface area contributed by atoms with E-state index < -0.39 is 22.6 Å². The van der Waals surface area contributed by atoms with Gasteiger partial charge < -0.3 is 15.3 Å². The fourth-order valence-electron chi connectivity index (χ4n) is 9.31. The number of aliphatic hydroxyl groups excluding tert-OH is 3. The molecule has 7 nitrogen and oxygen atoms in total. The lowest BCUT2D eigenvalue weighted by Crippen LogP contribution is -2.65. The summed E-state index contributed by atoms with van der Waals surface area (Å²) >= 11 is 0. The first-order valence-electron chi connectivity index (χ1n) is 13.1. The predicted octanol–water partition coefficient (Wildman–Crippen LogP) is 3.57. The SMILES string of the molecule is CC[C@H]1[C@@H](O)C2C3CC[C@H](CCCCOS(=O)(=O)O)[C@@]3(C)C[C@H](O)C2[C@@]2(C)CC[C@@H](O)C[C@@H]12. The second-order valence-electron chi connectivity index (χ2n) is 12.1. The summed E-state index contributed by atoms with van der Waals surface area (Å²) in [5.74, 6) is 1.38. The van der Waals surface area contributed by atoms with E-state index in [1.807, 2.05) is 0 Å². The van der Waals surface area contributed by atoms with Crippen molar-refractivity contribution in [1.29, 1.82) is 0 Å². The Kier molecular flexibility index (Phi) is 7.30. The molecule has 0 aromatic carbocycles. The summed E-state index contributed by atoms with van der Waals surface area (Å²) in [6.45, 7) is 6.77. The average Bonchev–Trinajstić information content (AvgIpc) is 3.04. The van der Waals surface area contributed by atoms with E-state index in [2.05, 4.69) is 25.0 Å². The predicted molar refractivity (Wildman–Crippen MR) is 125 cm³/mol. The topological polar surface area (TPSA) is 124 Å². The summed E-state index contributed by atoms with van der Waals surface area (Å²) in [5, 5.41) is 33.7. The van der Waals surface area contributed by atoms with Gasteiger partial charge in [-0.1, -0.05) is 33.6 Å². The molecule has 0 amide bonds. The standard InChI is InChI=1S/C25H44O7S/c1-4-17-19-13-16(26)10-11-24(19,2)22-20(27)14-25(3)15(7-5-6-12-32-33(29,30)31)8-9-18(25)21(22)23(17)28/h15-23,26-28H,4-14H2,1-3H3,(H,29,30,31)/t15-,16+,17+,18?,19-,20-,21?,22?,23+,24-,25+/m0/s1. The van der Waals surface area contributed by atoms with E-state index in [4.69, 9.17) is 4.55 Å². The van der Waals surface area contributed by atoms with Crippen molar-refractivity contribution >= 4 is 10.4 Å². The Morgan fingerprint density at radius 2 is 1.73 bits per heavy atom. The van der Waals surface area contributed by atoms with Gasteiger partial charge in [0.05, 0.1) is 24.9 Å². The lowest BCUT2D eigenvalue weighted by Gasteiger charge is -2.65. The minimum atomic E-state index is -4.38. The van der Waals surface area contributed by atoms with Crippen LogP contribution in [0.3, 0.4) is 0 Å². The van der Waals surface area contributed by atoms with Crippen LogP contribution in [0.25, 0.3) is 0 Å². The maximum absolute atomic E-state index is 11.7. The molecule has 4 N–H and O–H groups in total. The third kappa shape index (κ3) is 4.53. The Bertz CT molecular complexity index is 803. The second-order valence-corrected chi connectivity index (χ2v) is 13.2. The minimum Gasteiger partial charge on any atom is -0.393 e. The van der Waals surface area contributed by atoms with Gasteiger partial charge in [-0.2, -0.15) is 8.42 Å². The zero-order chi connectivity index (χ0) is 24.2. The molecule has 0 radical (unpaired) electrons. The summed E-state index contributed by atoms with van der Waals surface area (Å²) < 4.78 is 34.7. The van der Waals surface area contributed by atoms with Crippen LogP contribution in [0.1, 0.15) is 85.0 Å². The van der Waals surface area contributed by atoms with Gasteiger partial charge in [0.25, 0.3) is 0 Å². The molecule has 4 aliphatic rings. The first-order chi connectivity index (χ1) is 15.4. The van der Waals surface area contributed by atoms with Crippen LogP contribution in [0.2, 0.25) is 0 Å². The average molecular weight is 489 g/mol. The first kappa shape index (κ1) is 25.8. The third-order valence-electron chi connectivity index (χ3n) is 10.7. The van der Waals surface area contributed by atoms with Gasteiger partial charge in [0, 0.05) is 0 Å². The van der Waals surface area contributed by atoms with Gasteiger partial charge in [-0.15, -0.1) is 0 Å². The number of unbranched alkanes of at least 4 members (excludes halogenated alkanes) is 1. The fraction of sp³-hybridized carbons (Fsp3) is 1.00. The highest BCUT2D eigenvalue weighted by atomic mass is 32.3. The van der Waals surface area contributed by atoms with E-state index in [1.54, 1.807) is 0 Å². The lowest BCUT2D eigenvalue weighted by molar-refractivity contribution is -0.234. The number of hydrogen-bond acceptors (Lipinski definition) is 6. The molecule has 0 aliphatic heterocycles. The molecule has 0 heterocycles. The maximum Gasteiger partial charge on any atom is 0.397 e. The normalized spacial score (nSPS) is 49.8. The molecule has 4 aliphatic carbocycles. The monoisotopic (exact) mass is 488 g/mol. The van der Waals surface area contributed by atoms with Crippen LogP contribution in [-0.2, 0) is 14.6 Å². The molecule has 0 bridgehead atoms. The van der Waals surface area contributed by atoms with E-state index in [0.29, 0.717) is 18.3 Å². The molecule has 0 saturated heterocycles. The quantitative estimate of drug-likeness (QED) is 0.319. The molecule has 11 atom stereocenters. The van der Waals surface area contributed by atoms with Crippen molar-refractivity contribution in [2.75, 3.05) is 6.61 Å². The molecule has 4 saturated carbocycles. The molecular weight excluding hydrogens is 444 g/mol. The Labute approximate surface area is 199 Å². The Morgan fingerprint density at radius 1 is 1.00 bits per heavy atom. The highest BCUT2D eigenvalue weighted by Crippen LogP contribution is 2.69. The summed E-state index contributed by atoms with van der Waals surface area (Å²) in [6.07, 6.45) is 7.33. The van der Waals surface area contributed by atoms with Gasteiger partial charge in [0.15, 0.2) is 0 Å². The molecule has 8 heteroatoms. The van der Waals surface area contributed by atoms with E-state index >= 15 is 0 Å². The summed E-state index contributed by atoms with van der Waals surface area (Å²) in [7, 11) is -4.38. The largest absolute Gasteiger partial charge is 0.397 e. The van der Waals surface area contributed by atoms with Crippen molar-refractivity contribution in [2.45, 2.75) is 103 Å². The van der Waals surface area contributed by atoms with Crippen LogP contribution in [0.4, 0.5) is 0 Å². The highest BCUT2D eigenvalue weighted by molar-refractivity contribution is 7.80. The third-order valence-corrected chi connectivity index (χ3v) is 11.2. The summed E-state index contributed by atoms with van der Waals surface area (Å²) in [6, 6.07) is 0. The number of hydrogen-bond donors (Lipinski definition) is 4. The molecular formula is C25H44O7S. The molecule has 3 unspecified atom stereocenters. The van der Waals surface area contributed by atoms with Crippen LogP contribution in [0.5, 0.6) is 0 Å². The highest BCUT2D eigenvalue weighted by Gasteiger charge is 2.66. The minimum absolute atomic E-state index is 0.0124. The Morgan fingerprint density at radius 3 is 2.39 bits per heavy atom. The van der Waals surface area contributed by atoms with Gasteiger partial charge in [0.2, 0.25) is 0 Å². The van der Waals surface area contributed by atoms with Gasteiger partial charge in [0.1, 0.15) is 0 Å². The van der Waals surface area contributed by atoms with Crippen LogP contribution < -0.4 is 0 Å². The number of rotatable bonds is 7. The maximum atomic E-state index is 11.7. The smallest absolute Gasteiger partial charge is 0.393 e. The van der Waals surface area contributed by atoms with Gasteiger partial charge in [-0.3, -0.25) is 4.55 Å². The number of aliphatic hydroxyl groups is 3. The van der Waals surface area contributed by atoms with Crippen LogP contribution in [0.15, 0.2) is 0 Å². The zero-order valence-electron chi connectivity index (χ0n) is 20.4. The molecule has 192 valence electrons. The Balaban J connectivity index is 1.52. The van der Waals surface area contributed by atoms with E-state index in [0.717, 1.165) is 57.8 Å². The molecule has 0 spiro atoms. The summed E-state index contributed by atoms with van der Waals surface area (Å²) in [5.41, 5.74) is -0.0864. The molecule has 0 aromatic rings. The Hall–Kier alpha value is -0.250. The van der Waals surface area contributed by atoms with Crippen molar-refractivity contribution in [2.24, 2.45) is 46.3 Å². The van der Waals surface area contributed by atoms with Crippen molar-refractivity contribution in [3.05, 3.63) is 0 Å². The first-order valence-corrected chi connectivity index (χ1v) is 14.4. The van der Waals surface area contributed by atoms with Crippen LogP contribution in [0, 0.1) is 46.3 Å². The molecule has 33 heavy (non-hydrogen) atoms. The number of fused-ring (bicyclic) bond motifs is 5. The van der Waals surface area contributed by atoms with Crippen molar-refractivity contribution in [3.8, 4) is 0 Å². The lowest BCUT2D eigenvalue weighted by atomic mass is 9.41. The molecule has 4 fully saturated rings. The van der Waals surface area contributed by atoms with Crippen LogP contribution >= 0.6 is 0 Å². The van der Waals surface area contributed by atoms with E-state index in [9.17, 15) is 23.7 Å². The molecule has 4 rings (SSSR count). The van der Waals surface area contributed by atoms with Crippen molar-refractivity contribution < 1.29 is 32.5 Å². The van der Waals surface area contributed by atoms with Gasteiger partial charge >= 0.3 is 10.4 Å². The second kappa shape index (κ2) is 9.32. The van der Waals surface area contributed by atoms with Gasteiger partial charge in [-0.05, 0) is 97.7 Å². The fourth-order valence-corrected chi connectivity index (χ4v) is 9.64. The zero-order valence-corrected chi connectivity index (χ0v) is 21.2. The van der Waals surface area contributed by atoms with Gasteiger partial charge in [-0.25, -0.2) is 4.18 Å². The summed E-state index contributed by atoms with van der Waals surface area (Å²) in [4.78, 5) is 0. The van der Waals surface area contributed by atoms with Crippen molar-refractivity contribution in [1.82, 2.24) is 0 Å².